The Hall–Kier alpha value is -2.20. The maximum atomic E-state index is 12.7. The number of nitrogens with one attached hydrogen (secondary N) is 1. The first-order valence-electron chi connectivity index (χ1n) is 9.51. The summed E-state index contributed by atoms with van der Waals surface area (Å²) in [5.74, 6) is -0.276. The summed E-state index contributed by atoms with van der Waals surface area (Å²) in [7, 11) is 0. The molecule has 2 aromatic rings. The summed E-state index contributed by atoms with van der Waals surface area (Å²) in [6.45, 7) is 3.09. The smallest absolute Gasteiger partial charge is 0.351 e. The summed E-state index contributed by atoms with van der Waals surface area (Å²) in [6, 6.07) is 8.54. The van der Waals surface area contributed by atoms with Gasteiger partial charge in [-0.15, -0.1) is 0 Å². The lowest BCUT2D eigenvalue weighted by atomic mass is 9.96. The Balaban J connectivity index is 1.64. The fourth-order valence-electron chi connectivity index (χ4n) is 3.67. The van der Waals surface area contributed by atoms with Gasteiger partial charge in [-0.1, -0.05) is 18.2 Å². The van der Waals surface area contributed by atoms with E-state index >= 15 is 0 Å². The molecular formula is C19H21N3O5S. The molecule has 1 unspecified atom stereocenters. The normalized spacial score (nSPS) is 34.3. The quantitative estimate of drug-likeness (QED) is 0.737. The van der Waals surface area contributed by atoms with E-state index < -0.39 is 51.2 Å². The molecule has 2 aliphatic heterocycles. The number of benzene rings is 1. The van der Waals surface area contributed by atoms with Crippen LogP contribution in [0.1, 0.15) is 37.3 Å². The molecule has 9 heteroatoms. The minimum absolute atomic E-state index is 0.119. The number of rotatable bonds is 3. The van der Waals surface area contributed by atoms with Gasteiger partial charge in [0.15, 0.2) is 11.5 Å². The summed E-state index contributed by atoms with van der Waals surface area (Å²) in [5, 5.41) is 11.9. The molecular weight excluding hydrogens is 382 g/mol. The Kier molecular flexibility index (Phi) is 4.27. The number of ether oxygens (including phenoxy) is 1. The monoisotopic (exact) mass is 404 g/mol. The van der Waals surface area contributed by atoms with Crippen molar-refractivity contribution in [1.29, 1.82) is 0 Å². The number of hydrogen-bond acceptors (Lipinski definition) is 6. The Morgan fingerprint density at radius 3 is 2.82 bits per heavy atom. The Bertz CT molecular complexity index is 1000. The lowest BCUT2D eigenvalue weighted by molar-refractivity contribution is -0.0930. The first-order valence-corrected chi connectivity index (χ1v) is 10.1. The van der Waals surface area contributed by atoms with Crippen molar-refractivity contribution in [2.45, 2.75) is 49.2 Å². The number of aromatic nitrogens is 2. The molecule has 28 heavy (non-hydrogen) atoms. The molecule has 0 spiro atoms. The predicted octanol–water partition coefficient (Wildman–Crippen LogP) is 0.972. The van der Waals surface area contributed by atoms with Crippen molar-refractivity contribution in [2.75, 3.05) is 5.32 Å². The van der Waals surface area contributed by atoms with Gasteiger partial charge in [0.25, 0.3) is 5.91 Å². The zero-order valence-corrected chi connectivity index (χ0v) is 16.2. The summed E-state index contributed by atoms with van der Waals surface area (Å²) in [4.78, 5) is 29.0. The van der Waals surface area contributed by atoms with Gasteiger partial charge in [0.1, 0.15) is 22.8 Å². The van der Waals surface area contributed by atoms with Crippen molar-refractivity contribution < 1.29 is 20.6 Å². The number of anilines is 1. The lowest BCUT2D eigenvalue weighted by Gasteiger charge is -2.34. The van der Waals surface area contributed by atoms with Crippen LogP contribution in [0.25, 0.3) is 0 Å². The molecule has 6 atom stereocenters. The molecule has 4 rings (SSSR count). The number of aliphatic hydroxyl groups is 1. The fourth-order valence-corrected chi connectivity index (χ4v) is 5.63. The second-order valence-electron chi connectivity index (χ2n) is 7.13. The molecule has 1 amide bonds. The number of nitrogens with zero attached hydrogens (tertiary/aromatic N) is 2. The van der Waals surface area contributed by atoms with Crippen LogP contribution in [0.5, 0.6) is 0 Å². The summed E-state index contributed by atoms with van der Waals surface area (Å²) >= 11 is -1.46. The highest BCUT2D eigenvalue weighted by atomic mass is 32.2. The molecule has 8 nitrogen and oxygen atoms in total. The predicted molar refractivity (Wildman–Crippen MR) is 104 cm³/mol. The number of aliphatic hydroxyl groups excluding tert-OH is 1. The molecule has 2 fully saturated rings. The topological polar surface area (TPSA) is 117 Å². The van der Waals surface area contributed by atoms with Gasteiger partial charge in [-0.25, -0.2) is 4.79 Å². The minimum Gasteiger partial charge on any atom is -0.616 e. The molecule has 0 saturated carbocycles. The van der Waals surface area contributed by atoms with E-state index in [1.54, 1.807) is 44.2 Å². The molecule has 1 aromatic carbocycles. The average molecular weight is 404 g/mol. The molecule has 0 aliphatic carbocycles. The van der Waals surface area contributed by atoms with Crippen LogP contribution in [0.15, 0.2) is 41.3 Å². The molecule has 2 aliphatic rings. The van der Waals surface area contributed by atoms with Crippen molar-refractivity contribution in [3.63, 3.8) is 0 Å². The summed E-state index contributed by atoms with van der Waals surface area (Å²) < 4.78 is 27.6. The van der Waals surface area contributed by atoms with E-state index in [9.17, 15) is 19.2 Å². The summed E-state index contributed by atoms with van der Waals surface area (Å²) in [6.07, 6.45) is -0.622. The van der Waals surface area contributed by atoms with Gasteiger partial charge < -0.3 is 19.7 Å². The SMILES string of the molecule is [2H]C[C@@]12O[C@@H](n3cc(C)c(NC(=O)c4ccccc4)nc3=O)[C@@H]([C@@H]1O)[S+]([O-])[C@H]2C. The Morgan fingerprint density at radius 2 is 2.18 bits per heavy atom. The van der Waals surface area contributed by atoms with E-state index in [1.165, 1.54) is 10.8 Å². The molecule has 0 radical (unpaired) electrons. The molecule has 2 bridgehead atoms. The highest BCUT2D eigenvalue weighted by molar-refractivity contribution is 7.93. The second kappa shape index (κ2) is 6.70. The van der Waals surface area contributed by atoms with Crippen LogP contribution >= 0.6 is 0 Å². The van der Waals surface area contributed by atoms with Crippen LogP contribution in [0.2, 0.25) is 0 Å². The third kappa shape index (κ3) is 2.77. The standard InChI is InChI=1S/C19H21N3O5S/c1-10-9-22(17-13-14(23)19(3,27-17)11(2)28(13)26)18(25)21-15(10)20-16(24)12-7-5-4-6-8-12/h4-9,11,13-14,17,23H,1-3H3,(H,20,21,24,25)/t11-,13+,14-,17+,19-,28?/m0/s1/i3D. The van der Waals surface area contributed by atoms with E-state index in [4.69, 9.17) is 6.11 Å². The van der Waals surface area contributed by atoms with Crippen LogP contribution in [0.3, 0.4) is 0 Å². The summed E-state index contributed by atoms with van der Waals surface area (Å²) in [5.41, 5.74) is -1.03. The first-order chi connectivity index (χ1) is 13.8. The van der Waals surface area contributed by atoms with Crippen molar-refractivity contribution in [2.24, 2.45) is 0 Å². The van der Waals surface area contributed by atoms with Crippen molar-refractivity contribution >= 4 is 22.9 Å². The van der Waals surface area contributed by atoms with Crippen LogP contribution in [-0.4, -0.2) is 47.3 Å². The molecule has 2 N–H and O–H groups in total. The number of carbonyl (C=O) groups excluding carboxylic acids is 1. The van der Waals surface area contributed by atoms with Gasteiger partial charge >= 0.3 is 5.69 Å². The molecule has 148 valence electrons. The van der Waals surface area contributed by atoms with Crippen molar-refractivity contribution in [1.82, 2.24) is 9.55 Å². The third-order valence-corrected chi connectivity index (χ3v) is 7.54. The van der Waals surface area contributed by atoms with E-state index in [-0.39, 0.29) is 12.7 Å². The van der Waals surface area contributed by atoms with Crippen molar-refractivity contribution in [3.8, 4) is 0 Å². The molecule has 1 aromatic heterocycles. The van der Waals surface area contributed by atoms with Crippen LogP contribution in [-0.2, 0) is 15.9 Å². The Morgan fingerprint density at radius 1 is 1.46 bits per heavy atom. The van der Waals surface area contributed by atoms with Gasteiger partial charge in [0.2, 0.25) is 0 Å². The zero-order chi connectivity index (χ0) is 20.9. The Labute approximate surface area is 166 Å². The first kappa shape index (κ1) is 17.9. The fraction of sp³-hybridized carbons (Fsp3) is 0.421. The zero-order valence-electron chi connectivity index (χ0n) is 16.4. The van der Waals surface area contributed by atoms with Crippen molar-refractivity contribution in [3.05, 3.63) is 58.1 Å². The van der Waals surface area contributed by atoms with E-state index in [0.29, 0.717) is 11.1 Å². The number of aryl methyl sites for hydroxylation is 1. The maximum absolute atomic E-state index is 12.7. The second-order valence-corrected chi connectivity index (χ2v) is 9.03. The largest absolute Gasteiger partial charge is 0.616 e. The lowest BCUT2D eigenvalue weighted by Crippen LogP contribution is -2.47. The molecule has 3 heterocycles. The number of hydrogen-bond donors (Lipinski definition) is 2. The van der Waals surface area contributed by atoms with E-state index in [0.717, 1.165) is 0 Å². The highest BCUT2D eigenvalue weighted by Gasteiger charge is 2.70. The van der Waals surface area contributed by atoms with Gasteiger partial charge in [-0.2, -0.15) is 4.98 Å². The van der Waals surface area contributed by atoms with Gasteiger partial charge in [-0.3, -0.25) is 9.36 Å². The van der Waals surface area contributed by atoms with Crippen LogP contribution < -0.4 is 11.0 Å². The maximum Gasteiger partial charge on any atom is 0.351 e. The highest BCUT2D eigenvalue weighted by Crippen LogP contribution is 2.51. The average Bonchev–Trinajstić information content (AvgIpc) is 3.11. The molecule has 2 saturated heterocycles. The minimum atomic E-state index is -1.46. The number of carbonyl (C=O) groups is 1. The van der Waals surface area contributed by atoms with Gasteiger partial charge in [-0.05, 0) is 44.1 Å². The van der Waals surface area contributed by atoms with Crippen LogP contribution in [0.4, 0.5) is 5.82 Å². The van der Waals surface area contributed by atoms with Crippen LogP contribution in [0, 0.1) is 6.92 Å². The van der Waals surface area contributed by atoms with Gasteiger partial charge in [0, 0.05) is 18.7 Å². The third-order valence-electron chi connectivity index (χ3n) is 5.41. The van der Waals surface area contributed by atoms with E-state index in [1.807, 2.05) is 0 Å². The van der Waals surface area contributed by atoms with E-state index in [2.05, 4.69) is 10.3 Å². The number of amides is 1. The van der Waals surface area contributed by atoms with Gasteiger partial charge in [0.05, 0.1) is 0 Å². The number of fused-ring (bicyclic) bond motifs is 2.